The highest BCUT2D eigenvalue weighted by Crippen LogP contribution is 2.17. The van der Waals surface area contributed by atoms with Crippen LogP contribution >= 0.6 is 0 Å². The van der Waals surface area contributed by atoms with Crippen LogP contribution in [0.15, 0.2) is 18.2 Å². The minimum atomic E-state index is 0.397. The van der Waals surface area contributed by atoms with Gasteiger partial charge in [0.15, 0.2) is 0 Å². The van der Waals surface area contributed by atoms with E-state index in [0.29, 0.717) is 6.42 Å². The van der Waals surface area contributed by atoms with Gasteiger partial charge in [0.1, 0.15) is 0 Å². The first-order valence-electron chi connectivity index (χ1n) is 5.21. The minimum Gasteiger partial charge on any atom is -0.198 e. The predicted molar refractivity (Wildman–Crippen MR) is 59.1 cm³/mol. The predicted octanol–water partition coefficient (Wildman–Crippen LogP) is 2.97. The Hall–Kier alpha value is -1.80. The van der Waals surface area contributed by atoms with Gasteiger partial charge in [-0.1, -0.05) is 25.5 Å². The lowest BCUT2D eigenvalue weighted by atomic mass is 9.95. The van der Waals surface area contributed by atoms with Crippen LogP contribution < -0.4 is 0 Å². The van der Waals surface area contributed by atoms with Gasteiger partial charge in [-0.05, 0) is 30.0 Å². The van der Waals surface area contributed by atoms with Gasteiger partial charge in [-0.15, -0.1) is 0 Å². The van der Waals surface area contributed by atoms with Crippen molar-refractivity contribution < 1.29 is 0 Å². The summed E-state index contributed by atoms with van der Waals surface area (Å²) >= 11 is 0. The van der Waals surface area contributed by atoms with Crippen LogP contribution in [0.2, 0.25) is 0 Å². The summed E-state index contributed by atoms with van der Waals surface area (Å²) in [5.74, 6) is 0. The van der Waals surface area contributed by atoms with E-state index in [9.17, 15) is 0 Å². The van der Waals surface area contributed by atoms with Gasteiger partial charge in [0.05, 0.1) is 24.1 Å². The first-order chi connectivity index (χ1) is 7.33. The number of rotatable bonds is 4. The van der Waals surface area contributed by atoms with E-state index in [1.54, 1.807) is 0 Å². The second-order valence-electron chi connectivity index (χ2n) is 3.49. The maximum absolute atomic E-state index is 8.98. The molecule has 0 fully saturated rings. The third-order valence-corrected chi connectivity index (χ3v) is 2.44. The number of nitriles is 2. The zero-order valence-corrected chi connectivity index (χ0v) is 8.95. The Morgan fingerprint density at radius 2 is 2.07 bits per heavy atom. The zero-order valence-electron chi connectivity index (χ0n) is 8.95. The van der Waals surface area contributed by atoms with Crippen LogP contribution in [0.5, 0.6) is 0 Å². The second kappa shape index (κ2) is 5.83. The fourth-order valence-corrected chi connectivity index (χ4v) is 1.64. The molecule has 1 aromatic carbocycles. The average molecular weight is 198 g/mol. The molecule has 0 heterocycles. The lowest BCUT2D eigenvalue weighted by Crippen LogP contribution is -1.97. The first kappa shape index (κ1) is 11.3. The molecule has 0 spiro atoms. The molecule has 1 rings (SSSR count). The zero-order chi connectivity index (χ0) is 11.1. The summed E-state index contributed by atoms with van der Waals surface area (Å²) in [7, 11) is 0. The highest BCUT2D eigenvalue weighted by atomic mass is 14.3. The molecule has 0 saturated heterocycles. The van der Waals surface area contributed by atoms with E-state index < -0.39 is 0 Å². The molecule has 15 heavy (non-hydrogen) atoms. The molecule has 2 heteroatoms. The van der Waals surface area contributed by atoms with E-state index in [1.165, 1.54) is 0 Å². The Balaban J connectivity index is 3.05. The second-order valence-corrected chi connectivity index (χ2v) is 3.49. The van der Waals surface area contributed by atoms with Gasteiger partial charge in [-0.2, -0.15) is 10.5 Å². The van der Waals surface area contributed by atoms with Crippen LogP contribution in [-0.2, 0) is 12.8 Å². The standard InChI is InChI=1S/C13H14N2/c1-2-3-7-13-11(8-9-14)5-4-6-12(13)10-15/h4-6H,2-3,7-8H2,1H3. The fourth-order valence-electron chi connectivity index (χ4n) is 1.64. The van der Waals surface area contributed by atoms with Crippen molar-refractivity contribution in [2.24, 2.45) is 0 Å². The molecule has 0 aromatic heterocycles. The number of hydrogen-bond acceptors (Lipinski definition) is 2. The summed E-state index contributed by atoms with van der Waals surface area (Å²) in [6.45, 7) is 2.12. The quantitative estimate of drug-likeness (QED) is 0.746. The topological polar surface area (TPSA) is 47.6 Å². The van der Waals surface area contributed by atoms with Gasteiger partial charge in [-0.3, -0.25) is 0 Å². The van der Waals surface area contributed by atoms with Gasteiger partial charge >= 0.3 is 0 Å². The Kier molecular flexibility index (Phi) is 4.38. The summed E-state index contributed by atoms with van der Waals surface area (Å²) in [5.41, 5.74) is 2.78. The number of hydrogen-bond donors (Lipinski definition) is 0. The van der Waals surface area contributed by atoms with Crippen molar-refractivity contribution in [3.05, 3.63) is 34.9 Å². The Morgan fingerprint density at radius 1 is 1.27 bits per heavy atom. The van der Waals surface area contributed by atoms with Crippen LogP contribution in [0.25, 0.3) is 0 Å². The van der Waals surface area contributed by atoms with Crippen LogP contribution in [-0.4, -0.2) is 0 Å². The van der Waals surface area contributed by atoms with Gasteiger partial charge in [0, 0.05) is 0 Å². The molecule has 0 saturated carbocycles. The van der Waals surface area contributed by atoms with E-state index in [-0.39, 0.29) is 0 Å². The SMILES string of the molecule is CCCCc1c(C#N)cccc1CC#N. The van der Waals surface area contributed by atoms with Gasteiger partial charge in [0.25, 0.3) is 0 Å². The molecule has 0 atom stereocenters. The highest BCUT2D eigenvalue weighted by Gasteiger charge is 2.06. The normalized spacial score (nSPS) is 9.27. The van der Waals surface area contributed by atoms with Gasteiger partial charge in [-0.25, -0.2) is 0 Å². The molecule has 0 aliphatic carbocycles. The van der Waals surface area contributed by atoms with Crippen LogP contribution in [0, 0.1) is 22.7 Å². The molecule has 2 nitrogen and oxygen atoms in total. The van der Waals surface area contributed by atoms with Crippen LogP contribution in [0.1, 0.15) is 36.5 Å². The first-order valence-corrected chi connectivity index (χ1v) is 5.21. The minimum absolute atomic E-state index is 0.397. The molecule has 76 valence electrons. The van der Waals surface area contributed by atoms with Crippen LogP contribution in [0.3, 0.4) is 0 Å². The van der Waals surface area contributed by atoms with Crippen molar-refractivity contribution in [3.63, 3.8) is 0 Å². The van der Waals surface area contributed by atoms with Crippen molar-refractivity contribution >= 4 is 0 Å². The molecule has 0 amide bonds. The largest absolute Gasteiger partial charge is 0.198 e. The van der Waals surface area contributed by atoms with E-state index in [1.807, 2.05) is 18.2 Å². The summed E-state index contributed by atoms with van der Waals surface area (Å²) in [6, 6.07) is 9.95. The Morgan fingerprint density at radius 3 is 2.67 bits per heavy atom. The van der Waals surface area contributed by atoms with Crippen LogP contribution in [0.4, 0.5) is 0 Å². The van der Waals surface area contributed by atoms with Gasteiger partial charge < -0.3 is 0 Å². The molecule has 0 radical (unpaired) electrons. The third-order valence-electron chi connectivity index (χ3n) is 2.44. The third kappa shape index (κ3) is 2.82. The van der Waals surface area contributed by atoms with Crippen molar-refractivity contribution in [1.29, 1.82) is 10.5 Å². The fraction of sp³-hybridized carbons (Fsp3) is 0.385. The summed E-state index contributed by atoms with van der Waals surface area (Å²) in [5, 5.41) is 17.7. The Bertz CT molecular complexity index is 408. The number of nitrogens with zero attached hydrogens (tertiary/aromatic N) is 2. The van der Waals surface area contributed by atoms with Crippen molar-refractivity contribution in [2.45, 2.75) is 32.6 Å². The molecule has 0 unspecified atom stereocenters. The summed E-state index contributed by atoms with van der Waals surface area (Å²) in [4.78, 5) is 0. The lowest BCUT2D eigenvalue weighted by molar-refractivity contribution is 0.788. The monoisotopic (exact) mass is 198 g/mol. The maximum atomic E-state index is 8.98. The molecule has 0 bridgehead atoms. The molecule has 0 N–H and O–H groups in total. The van der Waals surface area contributed by atoms with E-state index >= 15 is 0 Å². The molecular weight excluding hydrogens is 184 g/mol. The summed E-state index contributed by atoms with van der Waals surface area (Å²) < 4.78 is 0. The van der Waals surface area contributed by atoms with Crippen molar-refractivity contribution in [3.8, 4) is 12.1 Å². The van der Waals surface area contributed by atoms with E-state index in [4.69, 9.17) is 10.5 Å². The molecular formula is C13H14N2. The molecule has 0 aliphatic heterocycles. The Labute approximate surface area is 90.8 Å². The average Bonchev–Trinajstić information content (AvgIpc) is 2.27. The smallest absolute Gasteiger partial charge is 0.0994 e. The van der Waals surface area contributed by atoms with Crippen molar-refractivity contribution in [2.75, 3.05) is 0 Å². The van der Waals surface area contributed by atoms with E-state index in [2.05, 4.69) is 19.1 Å². The van der Waals surface area contributed by atoms with Crippen molar-refractivity contribution in [1.82, 2.24) is 0 Å². The van der Waals surface area contributed by atoms with E-state index in [0.717, 1.165) is 36.0 Å². The molecule has 0 aliphatic rings. The molecule has 1 aromatic rings. The highest BCUT2D eigenvalue weighted by molar-refractivity contribution is 5.43. The van der Waals surface area contributed by atoms with Gasteiger partial charge in [0.2, 0.25) is 0 Å². The lowest BCUT2D eigenvalue weighted by Gasteiger charge is -2.07. The maximum Gasteiger partial charge on any atom is 0.0994 e. The number of unbranched alkanes of at least 4 members (excludes halogenated alkanes) is 1. The number of benzene rings is 1. The summed E-state index contributed by atoms with van der Waals surface area (Å²) in [6.07, 6.45) is 3.47.